The van der Waals surface area contributed by atoms with Crippen molar-refractivity contribution in [3.8, 4) is 0 Å². The number of nitrogens with one attached hydrogen (secondary N) is 1. The van der Waals surface area contributed by atoms with Crippen molar-refractivity contribution >= 4 is 11.7 Å². The van der Waals surface area contributed by atoms with E-state index in [0.29, 0.717) is 17.3 Å². The fourth-order valence-electron chi connectivity index (χ4n) is 2.04. The van der Waals surface area contributed by atoms with Crippen LogP contribution in [0.2, 0.25) is 0 Å². The molecule has 1 amide bonds. The van der Waals surface area contributed by atoms with Crippen molar-refractivity contribution in [2.45, 2.75) is 45.6 Å². The third-order valence-electron chi connectivity index (χ3n) is 3.44. The second-order valence-corrected chi connectivity index (χ2v) is 5.85. The minimum atomic E-state index is -0.432. The summed E-state index contributed by atoms with van der Waals surface area (Å²) in [6.07, 6.45) is 0.0803. The van der Waals surface area contributed by atoms with E-state index < -0.39 is 11.9 Å². The maximum atomic E-state index is 12.8. The van der Waals surface area contributed by atoms with Gasteiger partial charge in [0.05, 0.1) is 0 Å². The number of aromatic nitrogens is 2. The summed E-state index contributed by atoms with van der Waals surface area (Å²) in [6.45, 7) is 5.60. The van der Waals surface area contributed by atoms with Crippen molar-refractivity contribution in [1.82, 2.24) is 15.5 Å². The van der Waals surface area contributed by atoms with Gasteiger partial charge in [-0.3, -0.25) is 9.59 Å². The monoisotopic (exact) mass is 333 g/mol. The van der Waals surface area contributed by atoms with Gasteiger partial charge in [-0.2, -0.15) is 0 Å². The highest BCUT2D eigenvalue weighted by Crippen LogP contribution is 2.17. The van der Waals surface area contributed by atoms with Crippen LogP contribution in [0.15, 0.2) is 28.7 Å². The summed E-state index contributed by atoms with van der Waals surface area (Å²) in [6, 6.07) is 4.82. The molecule has 1 aromatic carbocycles. The van der Waals surface area contributed by atoms with Gasteiger partial charge in [0.2, 0.25) is 17.7 Å². The lowest BCUT2D eigenvalue weighted by atomic mass is 10.1. The van der Waals surface area contributed by atoms with Crippen LogP contribution in [0, 0.1) is 5.82 Å². The first kappa shape index (κ1) is 17.8. The fourth-order valence-corrected chi connectivity index (χ4v) is 2.04. The smallest absolute Gasteiger partial charge is 0.238 e. The molecule has 1 N–H and O–H groups in total. The molecule has 1 atom stereocenters. The summed E-state index contributed by atoms with van der Waals surface area (Å²) in [4.78, 5) is 23.9. The largest absolute Gasteiger partial charge is 0.423 e. The number of benzene rings is 1. The molecule has 0 aliphatic heterocycles. The van der Waals surface area contributed by atoms with Gasteiger partial charge < -0.3 is 9.73 Å². The highest BCUT2D eigenvalue weighted by atomic mass is 19.1. The van der Waals surface area contributed by atoms with Gasteiger partial charge in [0.15, 0.2) is 5.78 Å². The minimum absolute atomic E-state index is 0.0335. The number of carbonyl (C=O) groups excluding carboxylic acids is 2. The molecule has 0 radical (unpaired) electrons. The van der Waals surface area contributed by atoms with E-state index in [2.05, 4.69) is 15.5 Å². The number of hydrogen-bond donors (Lipinski definition) is 1. The maximum Gasteiger partial charge on any atom is 0.238 e. The van der Waals surface area contributed by atoms with Crippen LogP contribution >= 0.6 is 0 Å². The van der Waals surface area contributed by atoms with Gasteiger partial charge in [-0.1, -0.05) is 13.8 Å². The molecule has 0 bridgehead atoms. The zero-order chi connectivity index (χ0) is 17.7. The minimum Gasteiger partial charge on any atom is -0.423 e. The van der Waals surface area contributed by atoms with E-state index >= 15 is 0 Å². The van der Waals surface area contributed by atoms with Gasteiger partial charge in [0.25, 0.3) is 0 Å². The number of halogens is 1. The van der Waals surface area contributed by atoms with Gasteiger partial charge in [0, 0.05) is 24.3 Å². The Hall–Kier alpha value is -2.57. The molecule has 128 valence electrons. The van der Waals surface area contributed by atoms with Gasteiger partial charge in [-0.05, 0) is 31.2 Å². The number of nitrogens with zero attached hydrogens (tertiary/aromatic N) is 2. The number of hydrogen-bond acceptors (Lipinski definition) is 5. The second-order valence-electron chi connectivity index (χ2n) is 5.85. The number of rotatable bonds is 7. The Labute approximate surface area is 139 Å². The van der Waals surface area contributed by atoms with E-state index in [-0.39, 0.29) is 30.4 Å². The molecule has 2 aromatic rings. The average molecular weight is 333 g/mol. The summed E-state index contributed by atoms with van der Waals surface area (Å²) in [5.74, 6) is 0.0513. The van der Waals surface area contributed by atoms with Gasteiger partial charge in [-0.25, -0.2) is 4.39 Å². The third kappa shape index (κ3) is 4.71. The molecule has 1 aromatic heterocycles. The molecule has 0 aliphatic carbocycles. The number of carbonyl (C=O) groups is 2. The molecule has 24 heavy (non-hydrogen) atoms. The first-order chi connectivity index (χ1) is 11.4. The van der Waals surface area contributed by atoms with Crippen LogP contribution in [0.4, 0.5) is 4.39 Å². The summed E-state index contributed by atoms with van der Waals surface area (Å²) < 4.78 is 18.3. The van der Waals surface area contributed by atoms with Crippen LogP contribution < -0.4 is 5.32 Å². The topological polar surface area (TPSA) is 85.1 Å². The highest BCUT2D eigenvalue weighted by molar-refractivity contribution is 5.97. The molecule has 1 heterocycles. The quantitative estimate of drug-likeness (QED) is 0.787. The van der Waals surface area contributed by atoms with Crippen molar-refractivity contribution in [3.05, 3.63) is 47.4 Å². The molecular weight excluding hydrogens is 313 g/mol. The maximum absolute atomic E-state index is 12.8. The molecule has 1 unspecified atom stereocenters. The van der Waals surface area contributed by atoms with E-state index in [1.54, 1.807) is 6.92 Å². The zero-order valence-corrected chi connectivity index (χ0v) is 13.9. The Kier molecular flexibility index (Phi) is 5.78. The molecule has 0 saturated carbocycles. The SMILES string of the molecule is CC(C)c1nnc(C(C)NC(=O)CCC(=O)c2ccc(F)cc2)o1. The molecule has 0 saturated heterocycles. The molecule has 2 rings (SSSR count). The third-order valence-corrected chi connectivity index (χ3v) is 3.44. The molecular formula is C17H20FN3O3. The molecule has 7 heteroatoms. The Morgan fingerprint density at radius 1 is 1.08 bits per heavy atom. The van der Waals surface area contributed by atoms with E-state index in [0.717, 1.165) is 0 Å². The van der Waals surface area contributed by atoms with Crippen LogP contribution in [0.25, 0.3) is 0 Å². The van der Waals surface area contributed by atoms with Crippen LogP contribution in [-0.4, -0.2) is 21.9 Å². The van der Waals surface area contributed by atoms with Crippen molar-refractivity contribution in [2.75, 3.05) is 0 Å². The predicted molar refractivity (Wildman–Crippen MR) is 84.9 cm³/mol. The summed E-state index contributed by atoms with van der Waals surface area (Å²) in [5.41, 5.74) is 0.385. The Balaban J connectivity index is 1.83. The second kappa shape index (κ2) is 7.81. The normalized spacial score (nSPS) is 12.2. The first-order valence-corrected chi connectivity index (χ1v) is 7.78. The van der Waals surface area contributed by atoms with Crippen molar-refractivity contribution in [2.24, 2.45) is 0 Å². The van der Waals surface area contributed by atoms with E-state index in [9.17, 15) is 14.0 Å². The summed E-state index contributed by atoms with van der Waals surface area (Å²) >= 11 is 0. The summed E-state index contributed by atoms with van der Waals surface area (Å²) in [7, 11) is 0. The lowest BCUT2D eigenvalue weighted by Crippen LogP contribution is -2.27. The Morgan fingerprint density at radius 2 is 1.71 bits per heavy atom. The van der Waals surface area contributed by atoms with E-state index in [1.807, 2.05) is 13.8 Å². The van der Waals surface area contributed by atoms with Crippen molar-refractivity contribution in [1.29, 1.82) is 0 Å². The number of ketones is 1. The van der Waals surface area contributed by atoms with Crippen LogP contribution in [-0.2, 0) is 4.79 Å². The molecule has 0 aliphatic rings. The predicted octanol–water partition coefficient (Wildman–Crippen LogP) is 3.17. The first-order valence-electron chi connectivity index (χ1n) is 7.78. The Bertz CT molecular complexity index is 710. The van der Waals surface area contributed by atoms with Crippen LogP contribution in [0.1, 0.15) is 67.7 Å². The lowest BCUT2D eigenvalue weighted by Gasteiger charge is -2.09. The van der Waals surface area contributed by atoms with Gasteiger partial charge >= 0.3 is 0 Å². The summed E-state index contributed by atoms with van der Waals surface area (Å²) in [5, 5.41) is 10.5. The highest BCUT2D eigenvalue weighted by Gasteiger charge is 2.18. The van der Waals surface area contributed by atoms with Crippen LogP contribution in [0.3, 0.4) is 0 Å². The Morgan fingerprint density at radius 3 is 2.29 bits per heavy atom. The van der Waals surface area contributed by atoms with E-state index in [1.165, 1.54) is 24.3 Å². The van der Waals surface area contributed by atoms with Crippen molar-refractivity contribution < 1.29 is 18.4 Å². The average Bonchev–Trinajstić information content (AvgIpc) is 3.03. The van der Waals surface area contributed by atoms with E-state index in [4.69, 9.17) is 4.42 Å². The van der Waals surface area contributed by atoms with Crippen molar-refractivity contribution in [3.63, 3.8) is 0 Å². The van der Waals surface area contributed by atoms with Crippen LogP contribution in [0.5, 0.6) is 0 Å². The lowest BCUT2D eigenvalue weighted by molar-refractivity contribution is -0.121. The molecule has 6 nitrogen and oxygen atoms in total. The zero-order valence-electron chi connectivity index (χ0n) is 13.9. The number of Topliss-reactive ketones (excluding diaryl/α,β-unsaturated/α-hetero) is 1. The van der Waals surface area contributed by atoms with Gasteiger partial charge in [0.1, 0.15) is 11.9 Å². The van der Waals surface area contributed by atoms with Gasteiger partial charge in [-0.15, -0.1) is 10.2 Å². The standard InChI is InChI=1S/C17H20FN3O3/c1-10(2)16-20-21-17(24-16)11(3)19-15(23)9-8-14(22)12-4-6-13(18)7-5-12/h4-7,10-11H,8-9H2,1-3H3,(H,19,23). The number of amides is 1. The fraction of sp³-hybridized carbons (Fsp3) is 0.412. The molecule has 0 fully saturated rings. The molecule has 0 spiro atoms.